The largest absolute Gasteiger partial charge is 0.462 e. The lowest BCUT2D eigenvalue weighted by atomic mass is 10.1. The van der Waals surface area contributed by atoms with E-state index in [2.05, 4.69) is 17.2 Å². The van der Waals surface area contributed by atoms with Gasteiger partial charge in [-0.1, -0.05) is 6.92 Å². The van der Waals surface area contributed by atoms with Crippen LogP contribution in [0, 0.1) is 13.8 Å². The minimum absolute atomic E-state index is 0.0453. The third kappa shape index (κ3) is 3.16. The van der Waals surface area contributed by atoms with E-state index in [1.807, 2.05) is 4.90 Å². The van der Waals surface area contributed by atoms with Gasteiger partial charge in [0.2, 0.25) is 0 Å². The summed E-state index contributed by atoms with van der Waals surface area (Å²) in [6.07, 6.45) is 0.987. The third-order valence-electron chi connectivity index (χ3n) is 4.17. The average molecular weight is 307 g/mol. The Hall–Kier alpha value is -1.82. The van der Waals surface area contributed by atoms with Crippen molar-refractivity contribution in [1.29, 1.82) is 0 Å². The highest BCUT2D eigenvalue weighted by Gasteiger charge is 2.28. The zero-order valence-corrected chi connectivity index (χ0v) is 13.8. The normalized spacial score (nSPS) is 18.4. The first kappa shape index (κ1) is 16.5. The molecule has 1 aromatic heterocycles. The van der Waals surface area contributed by atoms with E-state index < -0.39 is 0 Å². The quantitative estimate of drug-likeness (QED) is 0.829. The molecule has 0 unspecified atom stereocenters. The summed E-state index contributed by atoms with van der Waals surface area (Å²) < 4.78 is 5.07. The number of esters is 1. The smallest absolute Gasteiger partial charge is 0.340 e. The van der Waals surface area contributed by atoms with Gasteiger partial charge in [-0.25, -0.2) is 4.79 Å². The molecule has 1 aliphatic rings. The van der Waals surface area contributed by atoms with Crippen LogP contribution in [0.15, 0.2) is 0 Å². The number of nitrogens with zero attached hydrogens (tertiary/aromatic N) is 1. The Labute approximate surface area is 131 Å². The number of carbonyl (C=O) groups excluding carboxylic acids is 2. The van der Waals surface area contributed by atoms with E-state index in [0.717, 1.165) is 13.0 Å². The van der Waals surface area contributed by atoms with Crippen LogP contribution in [0.5, 0.6) is 0 Å². The third-order valence-corrected chi connectivity index (χ3v) is 4.17. The Bertz CT molecular complexity index is 565. The summed E-state index contributed by atoms with van der Waals surface area (Å²) >= 11 is 0. The van der Waals surface area contributed by atoms with E-state index >= 15 is 0 Å². The number of aromatic nitrogens is 1. The highest BCUT2D eigenvalue weighted by atomic mass is 16.5. The summed E-state index contributed by atoms with van der Waals surface area (Å²) in [6.45, 7) is 9.96. The fourth-order valence-electron chi connectivity index (χ4n) is 2.91. The molecule has 0 aliphatic carbocycles. The van der Waals surface area contributed by atoms with Crippen molar-refractivity contribution in [2.75, 3.05) is 26.2 Å². The minimum Gasteiger partial charge on any atom is -0.462 e. The maximum atomic E-state index is 12.7. The fraction of sp³-hybridized carbons (Fsp3) is 0.625. The zero-order valence-electron chi connectivity index (χ0n) is 13.8. The van der Waals surface area contributed by atoms with Crippen molar-refractivity contribution in [2.24, 2.45) is 0 Å². The first-order valence-corrected chi connectivity index (χ1v) is 7.88. The number of ether oxygens (including phenoxy) is 1. The molecule has 0 bridgehead atoms. The van der Waals surface area contributed by atoms with Crippen LogP contribution in [0.4, 0.5) is 0 Å². The molecular formula is C16H25N3O3. The van der Waals surface area contributed by atoms with Gasteiger partial charge >= 0.3 is 5.97 Å². The van der Waals surface area contributed by atoms with Crippen molar-refractivity contribution >= 4 is 11.9 Å². The van der Waals surface area contributed by atoms with Gasteiger partial charge in [0.05, 0.1) is 12.2 Å². The van der Waals surface area contributed by atoms with Crippen molar-refractivity contribution in [3.8, 4) is 0 Å². The van der Waals surface area contributed by atoms with Gasteiger partial charge in [0, 0.05) is 31.4 Å². The second-order valence-corrected chi connectivity index (χ2v) is 5.66. The predicted octanol–water partition coefficient (Wildman–Crippen LogP) is 1.63. The number of hydrogen-bond acceptors (Lipinski definition) is 4. The maximum absolute atomic E-state index is 12.7. The van der Waals surface area contributed by atoms with Gasteiger partial charge in [-0.3, -0.25) is 4.79 Å². The molecule has 1 saturated heterocycles. The summed E-state index contributed by atoms with van der Waals surface area (Å²) in [7, 11) is 0. The van der Waals surface area contributed by atoms with Gasteiger partial charge in [0.1, 0.15) is 5.69 Å². The Morgan fingerprint density at radius 1 is 1.32 bits per heavy atom. The van der Waals surface area contributed by atoms with Gasteiger partial charge in [-0.2, -0.15) is 0 Å². The molecule has 2 rings (SSSR count). The number of nitrogens with one attached hydrogen (secondary N) is 2. The van der Waals surface area contributed by atoms with E-state index in [0.29, 0.717) is 48.3 Å². The van der Waals surface area contributed by atoms with E-state index in [-0.39, 0.29) is 11.9 Å². The van der Waals surface area contributed by atoms with E-state index in [1.54, 1.807) is 20.8 Å². The Kier molecular flexibility index (Phi) is 5.24. The van der Waals surface area contributed by atoms with Crippen LogP contribution >= 0.6 is 0 Å². The van der Waals surface area contributed by atoms with Gasteiger partial charge in [0.25, 0.3) is 5.91 Å². The summed E-state index contributed by atoms with van der Waals surface area (Å²) in [6, 6.07) is 0.332. The van der Waals surface area contributed by atoms with Gasteiger partial charge in [-0.15, -0.1) is 0 Å². The molecule has 1 amide bonds. The minimum atomic E-state index is -0.375. The van der Waals surface area contributed by atoms with Crippen LogP contribution in [-0.4, -0.2) is 54.0 Å². The molecule has 0 saturated carbocycles. The zero-order chi connectivity index (χ0) is 16.3. The van der Waals surface area contributed by atoms with Crippen molar-refractivity contribution in [1.82, 2.24) is 15.2 Å². The Balaban J connectivity index is 2.23. The molecule has 0 spiro atoms. The molecule has 6 heteroatoms. The van der Waals surface area contributed by atoms with Crippen LogP contribution in [0.2, 0.25) is 0 Å². The number of amides is 1. The average Bonchev–Trinajstić information content (AvgIpc) is 2.81. The Morgan fingerprint density at radius 3 is 2.68 bits per heavy atom. The molecule has 2 heterocycles. The molecule has 0 aromatic carbocycles. The van der Waals surface area contributed by atoms with Crippen LogP contribution in [0.3, 0.4) is 0 Å². The van der Waals surface area contributed by atoms with Gasteiger partial charge < -0.3 is 19.9 Å². The molecule has 1 aliphatic heterocycles. The number of aromatic amines is 1. The summed E-state index contributed by atoms with van der Waals surface area (Å²) in [5.41, 5.74) is 2.33. The number of hydrogen-bond donors (Lipinski definition) is 2. The summed E-state index contributed by atoms with van der Waals surface area (Å²) in [5, 5.41) is 3.39. The maximum Gasteiger partial charge on any atom is 0.340 e. The highest BCUT2D eigenvalue weighted by Crippen LogP contribution is 2.21. The van der Waals surface area contributed by atoms with Crippen molar-refractivity contribution in [2.45, 2.75) is 40.2 Å². The number of H-pyrrole nitrogens is 1. The monoisotopic (exact) mass is 307 g/mol. The Morgan fingerprint density at radius 2 is 2.05 bits per heavy atom. The molecule has 2 N–H and O–H groups in total. The first-order valence-electron chi connectivity index (χ1n) is 7.88. The number of rotatable bonds is 4. The van der Waals surface area contributed by atoms with Crippen LogP contribution < -0.4 is 5.32 Å². The summed E-state index contributed by atoms with van der Waals surface area (Å²) in [5.74, 6) is -0.421. The van der Waals surface area contributed by atoms with Crippen molar-refractivity contribution in [3.05, 3.63) is 22.5 Å². The molecule has 22 heavy (non-hydrogen) atoms. The lowest BCUT2D eigenvalue weighted by Crippen LogP contribution is -2.52. The van der Waals surface area contributed by atoms with Crippen LogP contribution in [0.1, 0.15) is 52.4 Å². The molecule has 6 nitrogen and oxygen atoms in total. The number of piperazine rings is 1. The molecule has 122 valence electrons. The van der Waals surface area contributed by atoms with E-state index in [4.69, 9.17) is 4.74 Å². The second-order valence-electron chi connectivity index (χ2n) is 5.66. The molecule has 1 atom stereocenters. The summed E-state index contributed by atoms with van der Waals surface area (Å²) in [4.78, 5) is 29.7. The van der Waals surface area contributed by atoms with Crippen LogP contribution in [-0.2, 0) is 4.74 Å². The lowest BCUT2D eigenvalue weighted by molar-refractivity contribution is 0.0525. The lowest BCUT2D eigenvalue weighted by Gasteiger charge is -2.33. The first-order chi connectivity index (χ1) is 10.5. The topological polar surface area (TPSA) is 74.4 Å². The molecule has 1 fully saturated rings. The van der Waals surface area contributed by atoms with Crippen molar-refractivity contribution < 1.29 is 14.3 Å². The van der Waals surface area contributed by atoms with Gasteiger partial charge in [-0.05, 0) is 32.8 Å². The second kappa shape index (κ2) is 6.96. The number of aryl methyl sites for hydroxylation is 1. The SMILES string of the molecule is CCOC(=O)c1c(C)[nH]c(C(=O)N2CCN[C@@H](CC)C2)c1C. The van der Waals surface area contributed by atoms with E-state index in [1.165, 1.54) is 0 Å². The molecule has 0 radical (unpaired) electrons. The standard InChI is InChI=1S/C16H25N3O3/c1-5-12-9-19(8-7-17-12)15(20)14-10(3)13(11(4)18-14)16(21)22-6-2/h12,17-18H,5-9H2,1-4H3/t12-/m0/s1. The molecular weight excluding hydrogens is 282 g/mol. The molecule has 1 aromatic rings. The van der Waals surface area contributed by atoms with E-state index in [9.17, 15) is 9.59 Å². The van der Waals surface area contributed by atoms with Crippen molar-refractivity contribution in [3.63, 3.8) is 0 Å². The van der Waals surface area contributed by atoms with Crippen LogP contribution in [0.25, 0.3) is 0 Å². The number of carbonyl (C=O) groups is 2. The fourth-order valence-corrected chi connectivity index (χ4v) is 2.91. The van der Waals surface area contributed by atoms with Gasteiger partial charge in [0.15, 0.2) is 0 Å². The predicted molar refractivity (Wildman–Crippen MR) is 84.2 cm³/mol. The highest BCUT2D eigenvalue weighted by molar-refractivity contribution is 6.00.